The molecule has 0 saturated carbocycles. The molecule has 1 N–H and O–H groups in total. The zero-order chi connectivity index (χ0) is 16.4. The highest BCUT2D eigenvalue weighted by atomic mass is 35.5. The van der Waals surface area contributed by atoms with E-state index in [1.54, 1.807) is 11.0 Å². The molecule has 2 aromatic rings. The van der Waals surface area contributed by atoms with Gasteiger partial charge < -0.3 is 10.1 Å². The van der Waals surface area contributed by atoms with Crippen molar-refractivity contribution in [2.75, 3.05) is 16.8 Å². The first kappa shape index (κ1) is 15.7. The summed E-state index contributed by atoms with van der Waals surface area (Å²) in [5, 5.41) is 3.55. The number of fused-ring (bicyclic) bond motifs is 1. The van der Waals surface area contributed by atoms with Gasteiger partial charge in [-0.3, -0.25) is 4.90 Å². The minimum atomic E-state index is -0.176. The highest BCUT2D eigenvalue weighted by molar-refractivity contribution is 6.31. The van der Waals surface area contributed by atoms with Crippen molar-refractivity contribution in [3.05, 3.63) is 53.1 Å². The van der Waals surface area contributed by atoms with Crippen LogP contribution < -0.4 is 15.0 Å². The number of halogens is 1. The van der Waals surface area contributed by atoms with Crippen LogP contribution >= 0.6 is 11.6 Å². The molecular weight excluding hydrogens is 312 g/mol. The summed E-state index contributed by atoms with van der Waals surface area (Å²) in [4.78, 5) is 14.5. The highest BCUT2D eigenvalue weighted by Crippen LogP contribution is 2.34. The first-order valence-electron chi connectivity index (χ1n) is 7.69. The second kappa shape index (κ2) is 6.50. The number of nitrogens with one attached hydrogen (secondary N) is 1. The van der Waals surface area contributed by atoms with E-state index in [-0.39, 0.29) is 12.1 Å². The molecule has 23 heavy (non-hydrogen) atoms. The fourth-order valence-electron chi connectivity index (χ4n) is 2.61. The Kier molecular flexibility index (Phi) is 4.44. The maximum atomic E-state index is 12.8. The van der Waals surface area contributed by atoms with Crippen molar-refractivity contribution in [1.29, 1.82) is 0 Å². The van der Waals surface area contributed by atoms with E-state index >= 15 is 0 Å². The molecule has 1 aliphatic rings. The minimum Gasteiger partial charge on any atom is -0.486 e. The maximum Gasteiger partial charge on any atom is 0.326 e. The molecule has 2 aromatic carbocycles. The van der Waals surface area contributed by atoms with E-state index in [9.17, 15) is 4.79 Å². The number of carbonyl (C=O) groups excluding carboxylic acids is 1. The van der Waals surface area contributed by atoms with Gasteiger partial charge in [0.05, 0.1) is 12.2 Å². The fourth-order valence-corrected chi connectivity index (χ4v) is 2.79. The Morgan fingerprint density at radius 2 is 2.13 bits per heavy atom. The van der Waals surface area contributed by atoms with E-state index in [0.717, 1.165) is 29.1 Å². The van der Waals surface area contributed by atoms with Crippen LogP contribution in [0.1, 0.15) is 18.9 Å². The number of hydrogen-bond acceptors (Lipinski definition) is 2. The number of benzene rings is 2. The number of para-hydroxylation sites is 2. The molecule has 0 bridgehead atoms. The Morgan fingerprint density at radius 1 is 1.35 bits per heavy atom. The fraction of sp³-hybridized carbons (Fsp3) is 0.278. The molecule has 1 aliphatic heterocycles. The zero-order valence-corrected chi connectivity index (χ0v) is 13.9. The minimum absolute atomic E-state index is 0.00360. The van der Waals surface area contributed by atoms with Crippen molar-refractivity contribution in [3.8, 4) is 5.75 Å². The maximum absolute atomic E-state index is 12.8. The van der Waals surface area contributed by atoms with Crippen molar-refractivity contribution in [2.24, 2.45) is 0 Å². The van der Waals surface area contributed by atoms with Gasteiger partial charge in [-0.15, -0.1) is 0 Å². The molecule has 1 atom stereocenters. The van der Waals surface area contributed by atoms with Gasteiger partial charge in [0.15, 0.2) is 0 Å². The number of anilines is 2. The number of amides is 2. The SMILES string of the molecule is CC[C@H]1CN(C(=O)Nc2cc(Cl)ccc2C)c2ccccc2O1. The first-order chi connectivity index (χ1) is 11.1. The summed E-state index contributed by atoms with van der Waals surface area (Å²) in [6, 6.07) is 12.9. The monoisotopic (exact) mass is 330 g/mol. The number of ether oxygens (including phenoxy) is 1. The Morgan fingerprint density at radius 3 is 2.91 bits per heavy atom. The van der Waals surface area contributed by atoms with Crippen molar-refractivity contribution in [3.63, 3.8) is 0 Å². The third-order valence-electron chi connectivity index (χ3n) is 3.98. The molecule has 4 nitrogen and oxygen atoms in total. The van der Waals surface area contributed by atoms with Crippen LogP contribution in [0.15, 0.2) is 42.5 Å². The predicted molar refractivity (Wildman–Crippen MR) is 93.7 cm³/mol. The van der Waals surface area contributed by atoms with Crippen LogP contribution in [0.4, 0.5) is 16.2 Å². The van der Waals surface area contributed by atoms with Crippen molar-refractivity contribution in [1.82, 2.24) is 0 Å². The van der Waals surface area contributed by atoms with Crippen molar-refractivity contribution < 1.29 is 9.53 Å². The lowest BCUT2D eigenvalue weighted by Gasteiger charge is -2.34. The van der Waals surface area contributed by atoms with Crippen LogP contribution in [0.3, 0.4) is 0 Å². The van der Waals surface area contributed by atoms with Gasteiger partial charge in [-0.2, -0.15) is 0 Å². The first-order valence-corrected chi connectivity index (χ1v) is 8.06. The number of carbonyl (C=O) groups is 1. The third kappa shape index (κ3) is 3.27. The number of rotatable bonds is 2. The molecule has 0 unspecified atom stereocenters. The Balaban J connectivity index is 1.88. The highest BCUT2D eigenvalue weighted by Gasteiger charge is 2.28. The van der Waals surface area contributed by atoms with E-state index < -0.39 is 0 Å². The van der Waals surface area contributed by atoms with Crippen LogP contribution in [0.2, 0.25) is 5.02 Å². The molecule has 1 heterocycles. The van der Waals surface area contributed by atoms with Crippen molar-refractivity contribution >= 4 is 29.0 Å². The van der Waals surface area contributed by atoms with Gasteiger partial charge in [0.2, 0.25) is 0 Å². The molecule has 2 amide bonds. The Hall–Kier alpha value is -2.20. The van der Waals surface area contributed by atoms with E-state index in [1.165, 1.54) is 0 Å². The Bertz CT molecular complexity index is 733. The Labute approximate surface area is 141 Å². The molecule has 0 radical (unpaired) electrons. The number of hydrogen-bond donors (Lipinski definition) is 1. The molecule has 0 saturated heterocycles. The molecule has 0 aliphatic carbocycles. The van der Waals surface area contributed by atoms with E-state index in [0.29, 0.717) is 11.6 Å². The average Bonchev–Trinajstić information content (AvgIpc) is 2.57. The van der Waals surface area contributed by atoms with Gasteiger partial charge in [0.25, 0.3) is 0 Å². The molecule has 0 aromatic heterocycles. The lowest BCUT2D eigenvalue weighted by atomic mass is 10.1. The quantitative estimate of drug-likeness (QED) is 0.854. The molecule has 3 rings (SSSR count). The van der Waals surface area contributed by atoms with Crippen molar-refractivity contribution in [2.45, 2.75) is 26.4 Å². The van der Waals surface area contributed by atoms with E-state index in [1.807, 2.05) is 43.3 Å². The van der Waals surface area contributed by atoms with Gasteiger partial charge >= 0.3 is 6.03 Å². The summed E-state index contributed by atoms with van der Waals surface area (Å²) in [5.74, 6) is 0.739. The van der Waals surface area contributed by atoms with Crippen LogP contribution in [0.25, 0.3) is 0 Å². The number of aryl methyl sites for hydroxylation is 1. The summed E-state index contributed by atoms with van der Waals surface area (Å²) >= 11 is 6.03. The summed E-state index contributed by atoms with van der Waals surface area (Å²) in [6.45, 7) is 4.52. The summed E-state index contributed by atoms with van der Waals surface area (Å²) in [6.07, 6.45) is 0.838. The topological polar surface area (TPSA) is 41.6 Å². The normalized spacial score (nSPS) is 16.5. The second-order valence-corrected chi connectivity index (χ2v) is 6.05. The molecule has 5 heteroatoms. The van der Waals surface area contributed by atoms with Gasteiger partial charge in [-0.25, -0.2) is 4.79 Å². The predicted octanol–water partition coefficient (Wildman–Crippen LogP) is 4.86. The van der Waals surface area contributed by atoms with Gasteiger partial charge in [-0.05, 0) is 43.2 Å². The molecule has 0 spiro atoms. The lowest BCUT2D eigenvalue weighted by molar-refractivity contribution is 0.188. The second-order valence-electron chi connectivity index (χ2n) is 5.62. The summed E-state index contributed by atoms with van der Waals surface area (Å²) < 4.78 is 5.91. The largest absolute Gasteiger partial charge is 0.486 e. The van der Waals surface area contributed by atoms with Gasteiger partial charge in [0, 0.05) is 10.7 Å². The zero-order valence-electron chi connectivity index (χ0n) is 13.2. The summed E-state index contributed by atoms with van der Waals surface area (Å²) in [7, 11) is 0. The summed E-state index contributed by atoms with van der Waals surface area (Å²) in [5.41, 5.74) is 2.48. The smallest absolute Gasteiger partial charge is 0.326 e. The average molecular weight is 331 g/mol. The molecule has 120 valence electrons. The van der Waals surface area contributed by atoms with Crippen LogP contribution in [0, 0.1) is 6.92 Å². The number of nitrogens with zero attached hydrogens (tertiary/aromatic N) is 1. The van der Waals surface area contributed by atoms with E-state index in [2.05, 4.69) is 12.2 Å². The third-order valence-corrected chi connectivity index (χ3v) is 4.21. The van der Waals surface area contributed by atoms with Gasteiger partial charge in [0.1, 0.15) is 11.9 Å². The lowest BCUT2D eigenvalue weighted by Crippen LogP contribution is -2.45. The van der Waals surface area contributed by atoms with Crippen LogP contribution in [-0.4, -0.2) is 18.7 Å². The molecular formula is C18H19ClN2O2. The standard InChI is InChI=1S/C18H19ClN2O2/c1-3-14-11-21(16-6-4-5-7-17(16)23-14)18(22)20-15-10-13(19)9-8-12(15)2/h4-10,14H,3,11H2,1-2H3,(H,20,22)/t14-/m0/s1. The number of urea groups is 1. The van der Waals surface area contributed by atoms with Gasteiger partial charge in [-0.1, -0.05) is 36.7 Å². The van der Waals surface area contributed by atoms with E-state index in [4.69, 9.17) is 16.3 Å². The molecule has 0 fully saturated rings. The van der Waals surface area contributed by atoms with Crippen LogP contribution in [0.5, 0.6) is 5.75 Å². The van der Waals surface area contributed by atoms with Crippen LogP contribution in [-0.2, 0) is 0 Å².